The van der Waals surface area contributed by atoms with E-state index in [-0.39, 0.29) is 18.9 Å². The number of carboxylic acid groups (broad SMARTS) is 1. The van der Waals surface area contributed by atoms with Gasteiger partial charge in [0.05, 0.1) is 11.4 Å². The minimum atomic E-state index is -0.875. The summed E-state index contributed by atoms with van der Waals surface area (Å²) in [4.78, 5) is 29.4. The number of rotatable bonds is 5. The minimum Gasteiger partial charge on any atom is -0.481 e. The average molecular weight is 357 g/mol. The average Bonchev–Trinajstić information content (AvgIpc) is 2.72. The predicted molar refractivity (Wildman–Crippen MR) is 97.6 cm³/mol. The van der Waals surface area contributed by atoms with Gasteiger partial charge in [0, 0.05) is 29.1 Å². The summed E-state index contributed by atoms with van der Waals surface area (Å²) in [6.07, 6.45) is 0.392. The number of benzene rings is 2. The van der Waals surface area contributed by atoms with Gasteiger partial charge in [0.25, 0.3) is 0 Å². The highest BCUT2D eigenvalue weighted by atomic mass is 35.5. The zero-order valence-electron chi connectivity index (χ0n) is 13.5. The third kappa shape index (κ3) is 3.88. The van der Waals surface area contributed by atoms with Crippen LogP contribution < -0.4 is 4.90 Å². The number of carboxylic acids is 1. The van der Waals surface area contributed by atoms with E-state index in [9.17, 15) is 9.59 Å². The summed E-state index contributed by atoms with van der Waals surface area (Å²) in [5, 5.41) is 9.40. The van der Waals surface area contributed by atoms with Crippen molar-refractivity contribution >= 4 is 34.9 Å². The van der Waals surface area contributed by atoms with E-state index in [2.05, 4.69) is 4.99 Å². The van der Waals surface area contributed by atoms with Gasteiger partial charge in [0.15, 0.2) is 0 Å². The number of amides is 1. The maximum atomic E-state index is 12.6. The lowest BCUT2D eigenvalue weighted by Crippen LogP contribution is -2.33. The Morgan fingerprint density at radius 2 is 1.96 bits per heavy atom. The van der Waals surface area contributed by atoms with Gasteiger partial charge in [-0.1, -0.05) is 41.9 Å². The number of hydrogen-bond donors (Lipinski definition) is 1. The molecule has 0 radical (unpaired) electrons. The number of anilines is 1. The molecule has 0 aliphatic carbocycles. The van der Waals surface area contributed by atoms with Gasteiger partial charge in [-0.25, -0.2) is 0 Å². The molecule has 0 saturated carbocycles. The van der Waals surface area contributed by atoms with E-state index in [0.717, 1.165) is 11.1 Å². The Balaban J connectivity index is 2.02. The van der Waals surface area contributed by atoms with Crippen LogP contribution in [0.5, 0.6) is 0 Å². The van der Waals surface area contributed by atoms with Crippen LogP contribution in [0.2, 0.25) is 5.02 Å². The van der Waals surface area contributed by atoms with Gasteiger partial charge in [-0.2, -0.15) is 0 Å². The maximum Gasteiger partial charge on any atom is 0.303 e. The smallest absolute Gasteiger partial charge is 0.303 e. The molecule has 0 atom stereocenters. The number of benzodiazepines with no additional fused rings is 1. The van der Waals surface area contributed by atoms with Crippen LogP contribution in [0.4, 0.5) is 5.69 Å². The summed E-state index contributed by atoms with van der Waals surface area (Å²) in [5.74, 6) is -1.03. The standard InChI is InChI=1S/C19H17ClN2O3/c20-14-8-9-16-15(11-14)19(13-5-2-1-3-6-13)21-12-17(23)22(16)10-4-7-18(24)25/h1-3,5-6,8-9,11H,4,7,10,12H2,(H,24,25). The Bertz CT molecular complexity index is 834. The Morgan fingerprint density at radius 3 is 2.68 bits per heavy atom. The molecule has 1 aliphatic rings. The number of aliphatic imine (C=N–C) groups is 1. The fraction of sp³-hybridized carbons (Fsp3) is 0.211. The van der Waals surface area contributed by atoms with Crippen molar-refractivity contribution in [3.63, 3.8) is 0 Å². The first-order valence-corrected chi connectivity index (χ1v) is 8.36. The largest absolute Gasteiger partial charge is 0.481 e. The SMILES string of the molecule is O=C(O)CCCN1C(=O)CN=C(c2ccccc2)c2cc(Cl)ccc21. The first kappa shape index (κ1) is 17.2. The second-order valence-electron chi connectivity index (χ2n) is 5.73. The van der Waals surface area contributed by atoms with Gasteiger partial charge >= 0.3 is 5.97 Å². The zero-order chi connectivity index (χ0) is 17.8. The van der Waals surface area contributed by atoms with E-state index in [1.165, 1.54) is 0 Å². The molecule has 5 nitrogen and oxygen atoms in total. The number of aliphatic carboxylic acids is 1. The monoisotopic (exact) mass is 356 g/mol. The molecule has 0 spiro atoms. The van der Waals surface area contributed by atoms with Crippen molar-refractivity contribution < 1.29 is 14.7 Å². The quantitative estimate of drug-likeness (QED) is 0.892. The van der Waals surface area contributed by atoms with Crippen LogP contribution in [0, 0.1) is 0 Å². The van der Waals surface area contributed by atoms with E-state index in [1.54, 1.807) is 23.1 Å². The summed E-state index contributed by atoms with van der Waals surface area (Å²) in [7, 11) is 0. The predicted octanol–water partition coefficient (Wildman–Crippen LogP) is 3.39. The number of halogens is 1. The molecule has 1 heterocycles. The second kappa shape index (κ2) is 7.49. The van der Waals surface area contributed by atoms with Crippen molar-refractivity contribution in [3.8, 4) is 0 Å². The maximum absolute atomic E-state index is 12.6. The van der Waals surface area contributed by atoms with Crippen molar-refractivity contribution in [1.29, 1.82) is 0 Å². The zero-order valence-corrected chi connectivity index (χ0v) is 14.2. The Labute approximate surface area is 150 Å². The molecule has 6 heteroatoms. The molecular weight excluding hydrogens is 340 g/mol. The lowest BCUT2D eigenvalue weighted by Gasteiger charge is -2.23. The number of carbonyl (C=O) groups is 2. The fourth-order valence-electron chi connectivity index (χ4n) is 2.86. The highest BCUT2D eigenvalue weighted by molar-refractivity contribution is 6.32. The van der Waals surface area contributed by atoms with Gasteiger partial charge in [-0.15, -0.1) is 0 Å². The molecule has 0 saturated heterocycles. The van der Waals surface area contributed by atoms with Crippen molar-refractivity contribution in [2.75, 3.05) is 18.0 Å². The molecular formula is C19H17ClN2O3. The molecule has 3 rings (SSSR count). The van der Waals surface area contributed by atoms with Crippen LogP contribution in [0.3, 0.4) is 0 Å². The van der Waals surface area contributed by atoms with E-state index in [1.807, 2.05) is 30.3 Å². The Hall–Kier alpha value is -2.66. The lowest BCUT2D eigenvalue weighted by molar-refractivity contribution is -0.137. The molecule has 25 heavy (non-hydrogen) atoms. The fourth-order valence-corrected chi connectivity index (χ4v) is 3.03. The minimum absolute atomic E-state index is 0.0130. The third-order valence-corrected chi connectivity index (χ3v) is 4.23. The number of fused-ring (bicyclic) bond motifs is 1. The first-order valence-electron chi connectivity index (χ1n) is 7.98. The molecule has 0 aromatic heterocycles. The molecule has 0 bridgehead atoms. The van der Waals surface area contributed by atoms with Gasteiger partial charge in [-0.05, 0) is 24.6 Å². The number of carbonyl (C=O) groups excluding carboxylic acids is 1. The summed E-state index contributed by atoms with van der Waals surface area (Å²) >= 11 is 6.18. The van der Waals surface area contributed by atoms with Crippen LogP contribution in [-0.2, 0) is 9.59 Å². The van der Waals surface area contributed by atoms with Crippen LogP contribution in [-0.4, -0.2) is 35.8 Å². The molecule has 128 valence electrons. The molecule has 2 aromatic carbocycles. The number of nitrogens with zero attached hydrogens (tertiary/aromatic N) is 2. The van der Waals surface area contributed by atoms with Gasteiger partial charge in [0.1, 0.15) is 6.54 Å². The van der Waals surface area contributed by atoms with Crippen molar-refractivity contribution in [2.24, 2.45) is 4.99 Å². The van der Waals surface area contributed by atoms with Gasteiger partial charge in [0.2, 0.25) is 5.91 Å². The summed E-state index contributed by atoms with van der Waals surface area (Å²) in [6, 6.07) is 14.9. The second-order valence-corrected chi connectivity index (χ2v) is 6.17. The van der Waals surface area contributed by atoms with Crippen LogP contribution in [0.15, 0.2) is 53.5 Å². The van der Waals surface area contributed by atoms with E-state index in [4.69, 9.17) is 16.7 Å². The molecule has 0 unspecified atom stereocenters. The van der Waals surface area contributed by atoms with Crippen molar-refractivity contribution in [1.82, 2.24) is 0 Å². The highest BCUT2D eigenvalue weighted by Gasteiger charge is 2.25. The number of hydrogen-bond acceptors (Lipinski definition) is 3. The van der Waals surface area contributed by atoms with Crippen LogP contribution >= 0.6 is 11.6 Å². The van der Waals surface area contributed by atoms with Crippen LogP contribution in [0.1, 0.15) is 24.0 Å². The Kier molecular flexibility index (Phi) is 5.14. The van der Waals surface area contributed by atoms with Crippen LogP contribution in [0.25, 0.3) is 0 Å². The highest BCUT2D eigenvalue weighted by Crippen LogP contribution is 2.29. The summed E-state index contributed by atoms with van der Waals surface area (Å²) in [5.41, 5.74) is 3.11. The molecule has 0 fully saturated rings. The molecule has 1 amide bonds. The summed E-state index contributed by atoms with van der Waals surface area (Å²) in [6.45, 7) is 0.348. The summed E-state index contributed by atoms with van der Waals surface area (Å²) < 4.78 is 0. The van der Waals surface area contributed by atoms with Crippen molar-refractivity contribution in [2.45, 2.75) is 12.8 Å². The topological polar surface area (TPSA) is 70.0 Å². The van der Waals surface area contributed by atoms with Crippen molar-refractivity contribution in [3.05, 3.63) is 64.7 Å². The first-order chi connectivity index (χ1) is 12.1. The third-order valence-electron chi connectivity index (χ3n) is 4.00. The molecule has 2 aromatic rings. The Morgan fingerprint density at radius 1 is 1.20 bits per heavy atom. The van der Waals surface area contributed by atoms with E-state index >= 15 is 0 Å². The lowest BCUT2D eigenvalue weighted by atomic mass is 10.00. The van der Waals surface area contributed by atoms with Gasteiger partial charge in [-0.3, -0.25) is 14.6 Å². The normalized spacial score (nSPS) is 13.9. The molecule has 1 aliphatic heterocycles. The van der Waals surface area contributed by atoms with E-state index < -0.39 is 5.97 Å². The van der Waals surface area contributed by atoms with E-state index in [0.29, 0.717) is 29.4 Å². The van der Waals surface area contributed by atoms with Gasteiger partial charge < -0.3 is 10.0 Å². The molecule has 1 N–H and O–H groups in total.